The maximum absolute atomic E-state index is 14.7. The Morgan fingerprint density at radius 2 is 1.86 bits per heavy atom. The Kier molecular flexibility index (Phi) is 6.56. The topological polar surface area (TPSA) is 142 Å². The van der Waals surface area contributed by atoms with Gasteiger partial charge >= 0.3 is 17.9 Å². The molecule has 2 saturated heterocycles. The molecule has 3 heterocycles. The number of furan rings is 1. The molecule has 10 nitrogen and oxygen atoms in total. The second-order valence-corrected chi connectivity index (χ2v) is 14.3. The summed E-state index contributed by atoms with van der Waals surface area (Å²) in [5.41, 5.74) is -2.87. The number of hydrogen-bond acceptors (Lipinski definition) is 10. The molecule has 1 N–H and O–H groups in total. The average molecular weight is 587 g/mol. The van der Waals surface area contributed by atoms with Crippen LogP contribution in [0.1, 0.15) is 78.9 Å². The first kappa shape index (κ1) is 29.4. The molecule has 5 aliphatic rings. The van der Waals surface area contributed by atoms with E-state index in [4.69, 9.17) is 23.4 Å². The number of carbonyl (C=O) groups excluding carboxylic acids is 4. The second-order valence-electron chi connectivity index (χ2n) is 14.3. The number of Topliss-reactive ketones (excluding diaryl/α,β-unsaturated/α-hetero) is 1. The number of hydrogen-bond donors (Lipinski definition) is 1. The number of epoxide rings is 1. The molecule has 0 amide bonds. The van der Waals surface area contributed by atoms with Crippen LogP contribution in [-0.4, -0.2) is 59.8 Å². The molecule has 230 valence electrons. The third kappa shape index (κ3) is 3.57. The van der Waals surface area contributed by atoms with Crippen molar-refractivity contribution < 1.29 is 47.6 Å². The van der Waals surface area contributed by atoms with Gasteiger partial charge in [0.25, 0.3) is 0 Å². The van der Waals surface area contributed by atoms with E-state index in [2.05, 4.69) is 6.92 Å². The van der Waals surface area contributed by atoms with Gasteiger partial charge in [-0.05, 0) is 25.3 Å². The number of ether oxygens (including phenoxy) is 4. The Hall–Kier alpha value is -2.72. The third-order valence-corrected chi connectivity index (χ3v) is 12.0. The van der Waals surface area contributed by atoms with Crippen LogP contribution < -0.4 is 0 Å². The van der Waals surface area contributed by atoms with E-state index in [1.807, 2.05) is 27.7 Å². The zero-order valence-corrected chi connectivity index (χ0v) is 25.4. The molecule has 2 bridgehead atoms. The monoisotopic (exact) mass is 586 g/mol. The van der Waals surface area contributed by atoms with E-state index in [0.29, 0.717) is 19.3 Å². The predicted molar refractivity (Wildman–Crippen MR) is 145 cm³/mol. The number of methoxy groups -OCH3 is 1. The number of carbonyl (C=O) groups is 4. The van der Waals surface area contributed by atoms with Crippen LogP contribution in [0.4, 0.5) is 0 Å². The van der Waals surface area contributed by atoms with Gasteiger partial charge in [-0.2, -0.15) is 0 Å². The summed E-state index contributed by atoms with van der Waals surface area (Å²) in [5.74, 6) is -4.67. The summed E-state index contributed by atoms with van der Waals surface area (Å²) >= 11 is 0. The van der Waals surface area contributed by atoms with Gasteiger partial charge in [-0.1, -0.05) is 41.5 Å². The highest BCUT2D eigenvalue weighted by atomic mass is 16.6. The Morgan fingerprint density at radius 3 is 2.48 bits per heavy atom. The Labute approximate surface area is 245 Å². The number of ketones is 1. The van der Waals surface area contributed by atoms with Gasteiger partial charge in [0.1, 0.15) is 29.7 Å². The smallest absolute Gasteiger partial charge is 0.335 e. The van der Waals surface area contributed by atoms with Gasteiger partial charge in [-0.15, -0.1) is 0 Å². The van der Waals surface area contributed by atoms with Crippen LogP contribution in [0.5, 0.6) is 0 Å². The zero-order valence-electron chi connectivity index (χ0n) is 25.4. The maximum Gasteiger partial charge on any atom is 0.335 e. The summed E-state index contributed by atoms with van der Waals surface area (Å²) in [6, 6.07) is 1.80. The molecule has 3 saturated carbocycles. The van der Waals surface area contributed by atoms with Crippen molar-refractivity contribution in [2.24, 2.45) is 45.8 Å². The highest BCUT2D eigenvalue weighted by molar-refractivity contribution is 5.94. The summed E-state index contributed by atoms with van der Waals surface area (Å²) < 4.78 is 29.2. The van der Waals surface area contributed by atoms with Gasteiger partial charge in [-0.3, -0.25) is 14.4 Å². The molecule has 1 unspecified atom stereocenters. The molecule has 1 aromatic rings. The van der Waals surface area contributed by atoms with Gasteiger partial charge in [0.05, 0.1) is 37.9 Å². The number of fused-ring (bicyclic) bond motifs is 5. The van der Waals surface area contributed by atoms with Crippen molar-refractivity contribution in [1.82, 2.24) is 0 Å². The fourth-order valence-corrected chi connectivity index (χ4v) is 9.91. The molecule has 1 spiro atoms. The first-order chi connectivity index (χ1) is 19.7. The van der Waals surface area contributed by atoms with Crippen LogP contribution in [0.25, 0.3) is 0 Å². The largest absolute Gasteiger partial charge is 0.472 e. The van der Waals surface area contributed by atoms with Gasteiger partial charge in [0.2, 0.25) is 0 Å². The molecule has 42 heavy (non-hydrogen) atoms. The van der Waals surface area contributed by atoms with Gasteiger partial charge < -0.3 is 28.5 Å². The molecule has 3 aliphatic carbocycles. The maximum atomic E-state index is 14.7. The van der Waals surface area contributed by atoms with Crippen molar-refractivity contribution in [2.45, 2.75) is 97.2 Å². The van der Waals surface area contributed by atoms with Crippen molar-refractivity contribution in [3.63, 3.8) is 0 Å². The average Bonchev–Trinajstić information content (AvgIpc) is 3.40. The molecule has 0 aromatic carbocycles. The first-order valence-corrected chi connectivity index (χ1v) is 15.1. The lowest BCUT2D eigenvalue weighted by atomic mass is 9.37. The predicted octanol–water partition coefficient (Wildman–Crippen LogP) is 3.79. The highest BCUT2D eigenvalue weighted by Gasteiger charge is 2.86. The van der Waals surface area contributed by atoms with Crippen LogP contribution in [0, 0.1) is 45.8 Å². The van der Waals surface area contributed by atoms with E-state index in [9.17, 15) is 24.3 Å². The summed E-state index contributed by atoms with van der Waals surface area (Å²) in [6.45, 7) is 11.3. The molecule has 5 fully saturated rings. The quantitative estimate of drug-likeness (QED) is 0.297. The van der Waals surface area contributed by atoms with Gasteiger partial charge in [0.15, 0.2) is 6.10 Å². The molecule has 2 aliphatic heterocycles. The van der Waals surface area contributed by atoms with Crippen LogP contribution in [0.15, 0.2) is 23.0 Å². The van der Waals surface area contributed by atoms with Crippen LogP contribution >= 0.6 is 0 Å². The minimum Gasteiger partial charge on any atom is -0.472 e. The lowest BCUT2D eigenvalue weighted by Gasteiger charge is -2.65. The molecule has 0 radical (unpaired) electrons. The molecule has 12 atom stereocenters. The van der Waals surface area contributed by atoms with E-state index >= 15 is 0 Å². The lowest BCUT2D eigenvalue weighted by molar-refractivity contribution is -0.232. The fraction of sp³-hybridized carbons (Fsp3) is 0.750. The van der Waals surface area contributed by atoms with Crippen LogP contribution in [0.3, 0.4) is 0 Å². The van der Waals surface area contributed by atoms with Gasteiger partial charge in [0, 0.05) is 39.6 Å². The SMILES string of the molecule is CC[C@H](C)C(=O)O[C@@H]1[C@@H]2C(=O)[C@](C)(C3CC[C@]4(C)[C@@H](CC(=O)O[C@H]4c4ccoc4)[C@]34O[C@H]24)[C@@H]([C@@H](O)C(=O)OC)C1(C)C. The fourth-order valence-electron chi connectivity index (χ4n) is 9.91. The number of esters is 3. The second kappa shape index (κ2) is 9.39. The Morgan fingerprint density at radius 1 is 1.14 bits per heavy atom. The summed E-state index contributed by atoms with van der Waals surface area (Å²) in [4.78, 5) is 54.0. The standard InChI is InChI=1S/C32H42O10/c1-8-15(2)27(36)41-25-20-23(35)31(6,22(29(25,3)4)21(34)28(37)38-7)17-9-11-30(5)18(32(17)26(20)42-32)13-19(33)40-24(30)16-10-12-39-14-16/h10,12,14-15,17-18,20-22,24-26,34H,8-9,11,13H2,1-7H3/t15-,17?,18+,20-,21+,22-,24-,25+,26+,30+,31+,32+/m0/s1. The molecular formula is C32H42O10. The third-order valence-electron chi connectivity index (χ3n) is 12.0. The number of rotatable bonds is 6. The molecular weight excluding hydrogens is 544 g/mol. The minimum atomic E-state index is -1.64. The van der Waals surface area contributed by atoms with E-state index in [1.165, 1.54) is 7.11 Å². The number of cyclic esters (lactones) is 1. The highest BCUT2D eigenvalue weighted by Crippen LogP contribution is 2.77. The summed E-state index contributed by atoms with van der Waals surface area (Å²) in [7, 11) is 1.20. The molecule has 6 rings (SSSR count). The summed E-state index contributed by atoms with van der Waals surface area (Å²) in [5, 5.41) is 11.6. The Balaban J connectivity index is 1.51. The lowest BCUT2D eigenvalue weighted by Crippen LogP contribution is -2.74. The zero-order chi connectivity index (χ0) is 30.6. The van der Waals surface area contributed by atoms with E-state index < -0.39 is 76.0 Å². The van der Waals surface area contributed by atoms with Gasteiger partial charge in [-0.25, -0.2) is 4.79 Å². The molecule has 1 aromatic heterocycles. The molecule has 10 heteroatoms. The van der Waals surface area contributed by atoms with Crippen molar-refractivity contribution in [2.75, 3.05) is 7.11 Å². The van der Waals surface area contributed by atoms with E-state index in [-0.39, 0.29) is 30.0 Å². The van der Waals surface area contributed by atoms with E-state index in [0.717, 1.165) is 5.56 Å². The summed E-state index contributed by atoms with van der Waals surface area (Å²) in [6.07, 6.45) is 1.28. The van der Waals surface area contributed by atoms with Crippen LogP contribution in [-0.2, 0) is 38.1 Å². The van der Waals surface area contributed by atoms with Crippen molar-refractivity contribution in [3.8, 4) is 0 Å². The van der Waals surface area contributed by atoms with Crippen molar-refractivity contribution >= 4 is 23.7 Å². The first-order valence-electron chi connectivity index (χ1n) is 15.1. The van der Waals surface area contributed by atoms with Crippen molar-refractivity contribution in [1.29, 1.82) is 0 Å². The normalized spacial score (nSPS) is 44.4. The minimum absolute atomic E-state index is 0.111. The van der Waals surface area contributed by atoms with E-state index in [1.54, 1.807) is 25.5 Å². The van der Waals surface area contributed by atoms with Crippen LogP contribution in [0.2, 0.25) is 0 Å². The number of aliphatic hydroxyl groups excluding tert-OH is 1. The van der Waals surface area contributed by atoms with Crippen molar-refractivity contribution in [3.05, 3.63) is 24.2 Å². The number of aliphatic hydroxyl groups is 1. The Bertz CT molecular complexity index is 1300.